The summed E-state index contributed by atoms with van der Waals surface area (Å²) in [5.41, 5.74) is 3.39. The molecule has 0 atom stereocenters. The lowest BCUT2D eigenvalue weighted by Gasteiger charge is -2.05. The van der Waals surface area contributed by atoms with E-state index in [1.165, 1.54) is 16.3 Å². The maximum atomic E-state index is 4.86. The normalized spacial score (nSPS) is 11.0. The molecule has 0 saturated carbocycles. The molecule has 2 heteroatoms. The van der Waals surface area contributed by atoms with Crippen LogP contribution in [0.3, 0.4) is 0 Å². The lowest BCUT2D eigenvalue weighted by Crippen LogP contribution is -2.32. The first-order chi connectivity index (χ1) is 10.4. The van der Waals surface area contributed by atoms with E-state index in [1.54, 1.807) is 0 Å². The molecular weight excluding hydrogens is 256 g/mol. The molecule has 0 spiro atoms. The van der Waals surface area contributed by atoms with Gasteiger partial charge in [0.1, 0.15) is 0 Å². The van der Waals surface area contributed by atoms with Gasteiger partial charge < -0.3 is 0 Å². The first-order valence-electron chi connectivity index (χ1n) is 7.12. The largest absolute Gasteiger partial charge is 0.247 e. The van der Waals surface area contributed by atoms with Crippen LogP contribution in [0.4, 0.5) is 0 Å². The van der Waals surface area contributed by atoms with Crippen molar-refractivity contribution < 1.29 is 4.57 Å². The van der Waals surface area contributed by atoms with E-state index in [4.69, 9.17) is 4.98 Å². The Labute approximate surface area is 123 Å². The zero-order valence-corrected chi connectivity index (χ0v) is 11.6. The molecule has 0 fully saturated rings. The molecule has 2 heterocycles. The summed E-state index contributed by atoms with van der Waals surface area (Å²) in [6.07, 6.45) is 4.17. The topological polar surface area (TPSA) is 16.8 Å². The van der Waals surface area contributed by atoms with E-state index in [0.717, 1.165) is 17.6 Å². The monoisotopic (exact) mass is 271 g/mol. The molecule has 4 rings (SSSR count). The molecule has 0 bridgehead atoms. The van der Waals surface area contributed by atoms with Gasteiger partial charge in [0.25, 0.3) is 0 Å². The van der Waals surface area contributed by atoms with Crippen molar-refractivity contribution >= 4 is 21.8 Å². The molecule has 21 heavy (non-hydrogen) atoms. The molecular formula is C19H15N2+. The van der Waals surface area contributed by atoms with Crippen LogP contribution in [-0.2, 0) is 6.54 Å². The highest BCUT2D eigenvalue weighted by Crippen LogP contribution is 2.22. The molecule has 0 aliphatic heterocycles. The summed E-state index contributed by atoms with van der Waals surface area (Å²) in [6.45, 7) is 0.837. The van der Waals surface area contributed by atoms with Gasteiger partial charge in [-0.25, -0.2) is 9.55 Å². The van der Waals surface area contributed by atoms with Crippen molar-refractivity contribution in [2.75, 3.05) is 0 Å². The second-order valence-corrected chi connectivity index (χ2v) is 5.22. The van der Waals surface area contributed by atoms with Gasteiger partial charge in [0.15, 0.2) is 18.9 Å². The van der Waals surface area contributed by atoms with E-state index < -0.39 is 0 Å². The number of rotatable bonds is 2. The molecule has 0 unspecified atom stereocenters. The number of nitrogens with zero attached hydrogens (tertiary/aromatic N) is 2. The average molecular weight is 271 g/mol. The van der Waals surface area contributed by atoms with Crippen LogP contribution in [0.5, 0.6) is 0 Å². The summed E-state index contributed by atoms with van der Waals surface area (Å²) >= 11 is 0. The fraction of sp³-hybridized carbons (Fsp3) is 0.0526. The number of pyridine rings is 2. The maximum Gasteiger partial charge on any atom is 0.175 e. The highest BCUT2D eigenvalue weighted by atomic mass is 14.9. The van der Waals surface area contributed by atoms with Crippen molar-refractivity contribution in [2.45, 2.75) is 6.54 Å². The van der Waals surface area contributed by atoms with Crippen LogP contribution < -0.4 is 4.57 Å². The third-order valence-electron chi connectivity index (χ3n) is 3.76. The highest BCUT2D eigenvalue weighted by Gasteiger charge is 2.08. The second-order valence-electron chi connectivity index (χ2n) is 5.22. The van der Waals surface area contributed by atoms with Crippen LogP contribution in [0.2, 0.25) is 0 Å². The van der Waals surface area contributed by atoms with Gasteiger partial charge in [-0.15, -0.1) is 0 Å². The minimum Gasteiger partial charge on any atom is -0.247 e. The van der Waals surface area contributed by atoms with Crippen molar-refractivity contribution in [3.05, 3.63) is 84.7 Å². The minimum atomic E-state index is 0.837. The predicted octanol–water partition coefficient (Wildman–Crippen LogP) is 3.72. The van der Waals surface area contributed by atoms with Gasteiger partial charge in [0.05, 0.1) is 11.0 Å². The van der Waals surface area contributed by atoms with Crippen LogP contribution in [0.15, 0.2) is 79.1 Å². The molecule has 100 valence electrons. The first kappa shape index (κ1) is 12.0. The molecule has 4 aromatic rings. The van der Waals surface area contributed by atoms with Crippen molar-refractivity contribution in [3.8, 4) is 0 Å². The molecule has 0 saturated heterocycles. The summed E-state index contributed by atoms with van der Waals surface area (Å²) in [7, 11) is 0. The van der Waals surface area contributed by atoms with E-state index in [2.05, 4.69) is 59.4 Å². The number of hydrogen-bond acceptors (Lipinski definition) is 1. The zero-order valence-electron chi connectivity index (χ0n) is 11.6. The summed E-state index contributed by atoms with van der Waals surface area (Å²) in [5, 5.41) is 2.39. The van der Waals surface area contributed by atoms with Crippen LogP contribution in [0.25, 0.3) is 21.8 Å². The summed E-state index contributed by atoms with van der Waals surface area (Å²) in [5.74, 6) is 0. The van der Waals surface area contributed by atoms with Gasteiger partial charge in [-0.05, 0) is 12.1 Å². The Morgan fingerprint density at radius 3 is 2.48 bits per heavy atom. The third kappa shape index (κ3) is 2.25. The number of fused-ring (bicyclic) bond motifs is 2. The molecule has 0 radical (unpaired) electrons. The number of aromatic nitrogens is 2. The quantitative estimate of drug-likeness (QED) is 0.401. The van der Waals surface area contributed by atoms with Gasteiger partial charge in [0, 0.05) is 28.5 Å². The molecule has 2 aromatic carbocycles. The van der Waals surface area contributed by atoms with Crippen molar-refractivity contribution in [1.82, 2.24) is 4.98 Å². The lowest BCUT2D eigenvalue weighted by atomic mass is 10.1. The molecule has 2 nitrogen and oxygen atoms in total. The van der Waals surface area contributed by atoms with E-state index in [1.807, 2.05) is 24.3 Å². The average Bonchev–Trinajstić information content (AvgIpc) is 2.54. The number of benzene rings is 2. The Morgan fingerprint density at radius 2 is 1.57 bits per heavy atom. The first-order valence-corrected chi connectivity index (χ1v) is 7.12. The Kier molecular flexibility index (Phi) is 2.86. The van der Waals surface area contributed by atoms with E-state index in [0.29, 0.717) is 0 Å². The SMILES string of the molecule is c1cc[n+](Cc2cccc3cc4ccccc4nc23)cc1. The van der Waals surface area contributed by atoms with Gasteiger partial charge in [0.2, 0.25) is 0 Å². The summed E-state index contributed by atoms with van der Waals surface area (Å²) < 4.78 is 2.17. The smallest absolute Gasteiger partial charge is 0.175 e. The standard InChI is InChI=1S/C19H15N2/c1-4-11-21(12-5-1)14-17-9-6-8-16-13-15-7-2-3-10-18(15)20-19(16)17/h1-13H,14H2/q+1. The van der Waals surface area contributed by atoms with Crippen LogP contribution in [0, 0.1) is 0 Å². The maximum absolute atomic E-state index is 4.86. The Bertz CT molecular complexity index is 914. The van der Waals surface area contributed by atoms with Crippen LogP contribution in [0.1, 0.15) is 5.56 Å². The Hall–Kier alpha value is -2.74. The van der Waals surface area contributed by atoms with Crippen LogP contribution in [-0.4, -0.2) is 4.98 Å². The number of para-hydroxylation sites is 2. The Balaban J connectivity index is 1.90. The number of hydrogen-bond donors (Lipinski definition) is 0. The van der Waals surface area contributed by atoms with Crippen LogP contribution >= 0.6 is 0 Å². The second kappa shape index (κ2) is 4.98. The summed E-state index contributed by atoms with van der Waals surface area (Å²) in [4.78, 5) is 4.86. The van der Waals surface area contributed by atoms with Crippen molar-refractivity contribution in [2.24, 2.45) is 0 Å². The van der Waals surface area contributed by atoms with Gasteiger partial charge in [-0.2, -0.15) is 0 Å². The zero-order chi connectivity index (χ0) is 14.1. The van der Waals surface area contributed by atoms with E-state index in [9.17, 15) is 0 Å². The van der Waals surface area contributed by atoms with Gasteiger partial charge >= 0.3 is 0 Å². The van der Waals surface area contributed by atoms with Crippen molar-refractivity contribution in [1.29, 1.82) is 0 Å². The van der Waals surface area contributed by atoms with E-state index in [-0.39, 0.29) is 0 Å². The van der Waals surface area contributed by atoms with E-state index >= 15 is 0 Å². The van der Waals surface area contributed by atoms with Gasteiger partial charge in [-0.3, -0.25) is 0 Å². The predicted molar refractivity (Wildman–Crippen MR) is 85.0 cm³/mol. The van der Waals surface area contributed by atoms with Crippen molar-refractivity contribution in [3.63, 3.8) is 0 Å². The lowest BCUT2D eigenvalue weighted by molar-refractivity contribution is -0.688. The molecule has 0 N–H and O–H groups in total. The minimum absolute atomic E-state index is 0.837. The third-order valence-corrected chi connectivity index (χ3v) is 3.76. The molecule has 0 aliphatic carbocycles. The fourth-order valence-corrected chi connectivity index (χ4v) is 2.73. The highest BCUT2D eigenvalue weighted by molar-refractivity contribution is 5.93. The van der Waals surface area contributed by atoms with Gasteiger partial charge in [-0.1, -0.05) is 42.5 Å². The Morgan fingerprint density at radius 1 is 0.762 bits per heavy atom. The fourth-order valence-electron chi connectivity index (χ4n) is 2.73. The molecule has 2 aromatic heterocycles. The molecule has 0 aliphatic rings. The molecule has 0 amide bonds. The summed E-state index contributed by atoms with van der Waals surface area (Å²) in [6, 6.07) is 23.0.